The molecule has 1 unspecified atom stereocenters. The highest BCUT2D eigenvalue weighted by Crippen LogP contribution is 2.21. The van der Waals surface area contributed by atoms with Crippen LogP contribution in [0.5, 0.6) is 0 Å². The number of nitrogens with zero attached hydrogens (tertiary/aromatic N) is 2. The number of Topliss-reactive ketones (excluding diaryl/α,β-unsaturated/α-hetero) is 1. The first-order chi connectivity index (χ1) is 8.44. The van der Waals surface area contributed by atoms with E-state index in [9.17, 15) is 13.2 Å². The molecule has 0 N–H and O–H groups in total. The van der Waals surface area contributed by atoms with Gasteiger partial charge in [-0.1, -0.05) is 5.16 Å². The third kappa shape index (κ3) is 3.63. The predicted molar refractivity (Wildman–Crippen MR) is 63.8 cm³/mol. The molecule has 0 amide bonds. The van der Waals surface area contributed by atoms with Crippen LogP contribution in [0.25, 0.3) is 0 Å². The van der Waals surface area contributed by atoms with Gasteiger partial charge in [0, 0.05) is 6.42 Å². The van der Waals surface area contributed by atoms with Gasteiger partial charge >= 0.3 is 0 Å². The second-order valence-electron chi connectivity index (χ2n) is 4.81. The monoisotopic (exact) mass is 272 g/mol. The smallest absolute Gasteiger partial charge is 0.226 e. The lowest BCUT2D eigenvalue weighted by Crippen LogP contribution is -2.26. The number of rotatable bonds is 4. The highest BCUT2D eigenvalue weighted by Gasteiger charge is 2.26. The molecule has 1 aromatic rings. The lowest BCUT2D eigenvalue weighted by atomic mass is 10.0. The van der Waals surface area contributed by atoms with Crippen molar-refractivity contribution >= 4 is 15.6 Å². The zero-order chi connectivity index (χ0) is 13.2. The molecule has 7 heteroatoms. The molecule has 0 spiro atoms. The van der Waals surface area contributed by atoms with Gasteiger partial charge in [0.2, 0.25) is 5.89 Å². The minimum atomic E-state index is -2.91. The molecule has 100 valence electrons. The molecule has 1 aliphatic rings. The van der Waals surface area contributed by atoms with Crippen molar-refractivity contribution in [3.8, 4) is 0 Å². The van der Waals surface area contributed by atoms with Crippen LogP contribution in [-0.4, -0.2) is 35.8 Å². The van der Waals surface area contributed by atoms with Crippen molar-refractivity contribution in [2.45, 2.75) is 32.6 Å². The van der Waals surface area contributed by atoms with Crippen molar-refractivity contribution in [1.82, 2.24) is 10.1 Å². The van der Waals surface area contributed by atoms with Crippen LogP contribution in [0, 0.1) is 5.92 Å². The summed E-state index contributed by atoms with van der Waals surface area (Å²) in [7, 11) is -2.91. The zero-order valence-corrected chi connectivity index (χ0v) is 11.1. The van der Waals surface area contributed by atoms with Gasteiger partial charge in [-0.15, -0.1) is 0 Å². The Morgan fingerprint density at radius 3 is 2.94 bits per heavy atom. The second-order valence-corrected chi connectivity index (χ2v) is 7.04. The van der Waals surface area contributed by atoms with Crippen LogP contribution < -0.4 is 0 Å². The van der Waals surface area contributed by atoms with Crippen LogP contribution in [0.2, 0.25) is 0 Å². The van der Waals surface area contributed by atoms with E-state index in [0.717, 1.165) is 6.42 Å². The fourth-order valence-corrected chi connectivity index (χ4v) is 3.97. The van der Waals surface area contributed by atoms with Crippen LogP contribution >= 0.6 is 0 Å². The lowest BCUT2D eigenvalue weighted by molar-refractivity contribution is -0.116. The molecule has 1 atom stereocenters. The van der Waals surface area contributed by atoms with Crippen molar-refractivity contribution in [2.75, 3.05) is 11.5 Å². The van der Waals surface area contributed by atoms with Crippen molar-refractivity contribution in [3.05, 3.63) is 11.7 Å². The lowest BCUT2D eigenvalue weighted by Gasteiger charge is -2.19. The van der Waals surface area contributed by atoms with E-state index < -0.39 is 9.84 Å². The number of carbonyl (C=O) groups excluding carboxylic acids is 1. The summed E-state index contributed by atoms with van der Waals surface area (Å²) in [6.45, 7) is 1.46. The summed E-state index contributed by atoms with van der Waals surface area (Å²) in [6.07, 6.45) is 2.20. The molecule has 2 heterocycles. The highest BCUT2D eigenvalue weighted by atomic mass is 32.2. The van der Waals surface area contributed by atoms with Gasteiger partial charge in [-0.25, -0.2) is 8.42 Å². The summed E-state index contributed by atoms with van der Waals surface area (Å²) < 4.78 is 28.0. The van der Waals surface area contributed by atoms with E-state index in [4.69, 9.17) is 4.52 Å². The Balaban J connectivity index is 1.97. The quantitative estimate of drug-likeness (QED) is 0.796. The molecule has 0 aromatic carbocycles. The number of aromatic nitrogens is 2. The summed E-state index contributed by atoms with van der Waals surface area (Å²) in [5.41, 5.74) is 0. The molecule has 1 saturated heterocycles. The van der Waals surface area contributed by atoms with Crippen LogP contribution in [0.15, 0.2) is 4.52 Å². The van der Waals surface area contributed by atoms with E-state index >= 15 is 0 Å². The maximum absolute atomic E-state index is 11.5. The van der Waals surface area contributed by atoms with Gasteiger partial charge in [-0.3, -0.25) is 4.79 Å². The highest BCUT2D eigenvalue weighted by molar-refractivity contribution is 7.91. The van der Waals surface area contributed by atoms with Gasteiger partial charge in [0.15, 0.2) is 15.7 Å². The molecule has 6 nitrogen and oxygen atoms in total. The van der Waals surface area contributed by atoms with E-state index in [1.807, 2.05) is 0 Å². The topological polar surface area (TPSA) is 90.1 Å². The number of ketones is 1. The number of carbonyl (C=O) groups is 1. The molecule has 18 heavy (non-hydrogen) atoms. The van der Waals surface area contributed by atoms with Crippen molar-refractivity contribution in [1.29, 1.82) is 0 Å². The van der Waals surface area contributed by atoms with Gasteiger partial charge < -0.3 is 4.52 Å². The fraction of sp³-hybridized carbons (Fsp3) is 0.727. The summed E-state index contributed by atoms with van der Waals surface area (Å²) in [4.78, 5) is 15.0. The molecule has 0 bridgehead atoms. The number of sulfone groups is 1. The molecule has 2 rings (SSSR count). The van der Waals surface area contributed by atoms with Crippen molar-refractivity contribution in [2.24, 2.45) is 5.92 Å². The van der Waals surface area contributed by atoms with Crippen LogP contribution in [0.4, 0.5) is 0 Å². The van der Waals surface area contributed by atoms with E-state index in [-0.39, 0.29) is 29.6 Å². The standard InChI is InChI=1S/C11H16N2O4S/c1-8(14)5-10-12-11(17-13-10)6-9-3-2-4-18(15,16)7-9/h9H,2-7H2,1H3. The molecule has 0 radical (unpaired) electrons. The molecule has 0 aliphatic carbocycles. The first-order valence-corrected chi connectivity index (χ1v) is 7.78. The average Bonchev–Trinajstić information content (AvgIpc) is 2.62. The summed E-state index contributed by atoms with van der Waals surface area (Å²) in [5.74, 6) is 1.29. The minimum absolute atomic E-state index is 0.0254. The van der Waals surface area contributed by atoms with E-state index in [1.165, 1.54) is 6.92 Å². The normalized spacial score (nSPS) is 22.8. The Morgan fingerprint density at radius 1 is 1.50 bits per heavy atom. The van der Waals surface area contributed by atoms with Gasteiger partial charge in [-0.2, -0.15) is 4.98 Å². The third-order valence-electron chi connectivity index (χ3n) is 2.94. The average molecular weight is 272 g/mol. The Morgan fingerprint density at radius 2 is 2.28 bits per heavy atom. The maximum Gasteiger partial charge on any atom is 0.226 e. The predicted octanol–water partition coefficient (Wildman–Crippen LogP) is 0.568. The van der Waals surface area contributed by atoms with Gasteiger partial charge in [-0.05, 0) is 25.7 Å². The number of hydrogen-bond acceptors (Lipinski definition) is 6. The largest absolute Gasteiger partial charge is 0.339 e. The minimum Gasteiger partial charge on any atom is -0.339 e. The molecule has 1 aromatic heterocycles. The summed E-state index contributed by atoms with van der Waals surface area (Å²) in [6, 6.07) is 0. The second kappa shape index (κ2) is 5.17. The Kier molecular flexibility index (Phi) is 3.79. The fourth-order valence-electron chi connectivity index (χ4n) is 2.19. The first kappa shape index (κ1) is 13.2. The number of hydrogen-bond donors (Lipinski definition) is 0. The van der Waals surface area contributed by atoms with Crippen LogP contribution in [0.1, 0.15) is 31.5 Å². The van der Waals surface area contributed by atoms with Gasteiger partial charge in [0.1, 0.15) is 5.78 Å². The Labute approximate surface area is 106 Å². The molecular weight excluding hydrogens is 256 g/mol. The SMILES string of the molecule is CC(=O)Cc1noc(CC2CCCS(=O)(=O)C2)n1. The van der Waals surface area contributed by atoms with Crippen molar-refractivity contribution < 1.29 is 17.7 Å². The Bertz CT molecular complexity index is 535. The molecular formula is C11H16N2O4S. The molecule has 1 fully saturated rings. The van der Waals surface area contributed by atoms with E-state index in [0.29, 0.717) is 24.6 Å². The van der Waals surface area contributed by atoms with E-state index in [1.54, 1.807) is 0 Å². The summed E-state index contributed by atoms with van der Waals surface area (Å²) in [5, 5.41) is 3.70. The molecule has 0 saturated carbocycles. The molecule has 1 aliphatic heterocycles. The van der Waals surface area contributed by atoms with Crippen LogP contribution in [0.3, 0.4) is 0 Å². The van der Waals surface area contributed by atoms with Crippen molar-refractivity contribution in [3.63, 3.8) is 0 Å². The first-order valence-electron chi connectivity index (χ1n) is 5.96. The van der Waals surface area contributed by atoms with E-state index in [2.05, 4.69) is 10.1 Å². The van der Waals surface area contributed by atoms with Gasteiger partial charge in [0.25, 0.3) is 0 Å². The zero-order valence-electron chi connectivity index (χ0n) is 10.3. The third-order valence-corrected chi connectivity index (χ3v) is 4.83. The Hall–Kier alpha value is -1.24. The van der Waals surface area contributed by atoms with Crippen LogP contribution in [-0.2, 0) is 27.5 Å². The summed E-state index contributed by atoms with van der Waals surface area (Å²) >= 11 is 0. The van der Waals surface area contributed by atoms with Gasteiger partial charge in [0.05, 0.1) is 17.9 Å². The maximum atomic E-state index is 11.5.